The van der Waals surface area contributed by atoms with E-state index in [0.29, 0.717) is 23.5 Å². The Morgan fingerprint density at radius 3 is 2.08 bits per heavy atom. The van der Waals surface area contributed by atoms with E-state index in [1.165, 1.54) is 30.6 Å². The summed E-state index contributed by atoms with van der Waals surface area (Å²) in [5, 5.41) is 8.26. The number of nitrogens with zero attached hydrogens (tertiary/aromatic N) is 3. The Morgan fingerprint density at radius 2 is 1.46 bits per heavy atom. The van der Waals surface area contributed by atoms with Crippen LogP contribution in [0.3, 0.4) is 0 Å². The van der Waals surface area contributed by atoms with Crippen LogP contribution in [0.15, 0.2) is 54.9 Å². The molecule has 1 fully saturated rings. The third-order valence-corrected chi connectivity index (χ3v) is 6.90. The molecule has 0 unspecified atom stereocenters. The first kappa shape index (κ1) is 26.7. The molecule has 2 aromatic carbocycles. The van der Waals surface area contributed by atoms with Crippen LogP contribution in [0, 0.1) is 5.82 Å². The van der Waals surface area contributed by atoms with Gasteiger partial charge in [0.15, 0.2) is 5.69 Å². The van der Waals surface area contributed by atoms with Gasteiger partial charge in [-0.3, -0.25) is 24.2 Å². The number of hydrogen-bond acceptors (Lipinski definition) is 6. The van der Waals surface area contributed by atoms with Crippen molar-refractivity contribution in [1.82, 2.24) is 25.1 Å². The Balaban J connectivity index is 1.27. The van der Waals surface area contributed by atoms with Gasteiger partial charge in [-0.2, -0.15) is 0 Å². The molecule has 194 valence electrons. The lowest BCUT2D eigenvalue weighted by molar-refractivity contribution is 0.0924. The molecule has 1 aliphatic heterocycles. The monoisotopic (exact) mass is 619 g/mol. The summed E-state index contributed by atoms with van der Waals surface area (Å²) in [5.41, 5.74) is 1.37. The summed E-state index contributed by atoms with van der Waals surface area (Å²) in [4.78, 5) is 49.1. The summed E-state index contributed by atoms with van der Waals surface area (Å²) >= 11 is 2.36. The molecule has 0 spiro atoms. The van der Waals surface area contributed by atoms with E-state index in [2.05, 4.69) is 58.3 Å². The summed E-state index contributed by atoms with van der Waals surface area (Å²) in [6.45, 7) is 5.16. The zero-order valence-electron chi connectivity index (χ0n) is 20.0. The van der Waals surface area contributed by atoms with Gasteiger partial charge in [0.1, 0.15) is 11.5 Å². The van der Waals surface area contributed by atoms with E-state index >= 15 is 0 Å². The van der Waals surface area contributed by atoms with E-state index in [9.17, 15) is 18.8 Å². The second-order valence-electron chi connectivity index (χ2n) is 8.45. The van der Waals surface area contributed by atoms with Crippen LogP contribution in [-0.2, 0) is 0 Å². The van der Waals surface area contributed by atoms with Crippen LogP contribution in [0.1, 0.15) is 31.3 Å². The number of imidazole rings is 1. The number of rotatable bonds is 9. The zero-order valence-corrected chi connectivity index (χ0v) is 22.1. The second kappa shape index (κ2) is 12.7. The van der Waals surface area contributed by atoms with Crippen LogP contribution in [-0.4, -0.2) is 81.3 Å². The van der Waals surface area contributed by atoms with Crippen LogP contribution in [0.25, 0.3) is 0 Å². The number of nitrogens with one attached hydrogen (secondary N) is 4. The van der Waals surface area contributed by atoms with Crippen molar-refractivity contribution in [3.8, 4) is 0 Å². The maximum atomic E-state index is 13.0. The highest BCUT2D eigenvalue weighted by Gasteiger charge is 2.21. The van der Waals surface area contributed by atoms with Crippen LogP contribution < -0.4 is 16.0 Å². The predicted molar refractivity (Wildman–Crippen MR) is 147 cm³/mol. The molecule has 1 aromatic heterocycles. The number of hydrogen-bond donors (Lipinski definition) is 4. The van der Waals surface area contributed by atoms with Crippen molar-refractivity contribution < 1.29 is 18.8 Å². The first-order valence-electron chi connectivity index (χ1n) is 11.7. The fourth-order valence-corrected chi connectivity index (χ4v) is 4.50. The lowest BCUT2D eigenvalue weighted by Crippen LogP contribution is -2.47. The summed E-state index contributed by atoms with van der Waals surface area (Å²) in [7, 11) is 0. The normalized spacial score (nSPS) is 14.2. The zero-order chi connectivity index (χ0) is 26.2. The van der Waals surface area contributed by atoms with E-state index in [1.807, 2.05) is 0 Å². The van der Waals surface area contributed by atoms with E-state index in [-0.39, 0.29) is 17.3 Å². The molecular weight excluding hydrogens is 592 g/mol. The lowest BCUT2D eigenvalue weighted by atomic mass is 10.2. The van der Waals surface area contributed by atoms with Gasteiger partial charge in [0.25, 0.3) is 17.7 Å². The third kappa shape index (κ3) is 7.33. The first-order valence-corrected chi connectivity index (χ1v) is 13.3. The second-order valence-corrected chi connectivity index (χ2v) is 9.14. The number of anilines is 2. The molecule has 12 heteroatoms. The molecule has 0 aliphatic carbocycles. The molecule has 37 heavy (non-hydrogen) atoms. The summed E-state index contributed by atoms with van der Waals surface area (Å²) in [6.07, 6.45) is 1.31. The van der Waals surface area contributed by atoms with Gasteiger partial charge in [-0.1, -0.05) is 22.6 Å². The fourth-order valence-electron chi connectivity index (χ4n) is 3.82. The topological polar surface area (TPSA) is 122 Å². The van der Waals surface area contributed by atoms with Crippen LogP contribution in [0.2, 0.25) is 0 Å². The van der Waals surface area contributed by atoms with Crippen molar-refractivity contribution >= 4 is 51.7 Å². The Kier molecular flexibility index (Phi) is 9.19. The minimum Gasteiger partial charge on any atom is -0.349 e. The lowest BCUT2D eigenvalue weighted by Gasteiger charge is -2.33. The summed E-state index contributed by atoms with van der Waals surface area (Å²) in [5.74, 6) is -1.74. The highest BCUT2D eigenvalue weighted by Crippen LogP contribution is 2.16. The number of carbonyl (C=O) groups is 3. The molecule has 4 rings (SSSR count). The van der Waals surface area contributed by atoms with Crippen LogP contribution in [0.5, 0.6) is 0 Å². The fraction of sp³-hybridized carbons (Fsp3) is 0.280. The SMILES string of the molecule is O=C(Nc1ccc(NC(=O)c2nc[nH]c2C(=O)NCCN2CCN(CI)CC2)cc1)c1ccc(F)cc1. The van der Waals surface area contributed by atoms with E-state index in [1.54, 1.807) is 24.3 Å². The van der Waals surface area contributed by atoms with E-state index < -0.39 is 17.6 Å². The molecule has 4 N–H and O–H groups in total. The number of carbonyl (C=O) groups excluding carboxylic acids is 3. The molecule has 1 aliphatic rings. The summed E-state index contributed by atoms with van der Waals surface area (Å²) in [6, 6.07) is 11.7. The van der Waals surface area contributed by atoms with Gasteiger partial charge < -0.3 is 20.9 Å². The number of aromatic amines is 1. The Morgan fingerprint density at radius 1 is 0.865 bits per heavy atom. The molecule has 0 atom stereocenters. The number of alkyl halides is 1. The first-order chi connectivity index (χ1) is 17.9. The van der Waals surface area contributed by atoms with Crippen molar-refractivity contribution in [2.75, 3.05) is 54.5 Å². The molecule has 0 saturated carbocycles. The van der Waals surface area contributed by atoms with Crippen molar-refractivity contribution in [1.29, 1.82) is 0 Å². The van der Waals surface area contributed by atoms with Gasteiger partial charge in [-0.05, 0) is 48.5 Å². The van der Waals surface area contributed by atoms with Gasteiger partial charge in [0.2, 0.25) is 0 Å². The van der Waals surface area contributed by atoms with Crippen molar-refractivity contribution in [2.24, 2.45) is 0 Å². The average Bonchev–Trinajstić information content (AvgIpc) is 3.41. The number of halogens is 2. The Labute approximate surface area is 227 Å². The average molecular weight is 619 g/mol. The standard InChI is InChI=1S/C25H27FIN7O3/c26-18-3-1-17(2-4-18)23(35)31-19-5-7-20(8-6-19)32-25(37)22-21(29-16-30-22)24(36)28-9-10-33-11-13-34(15-27)14-12-33/h1-8,16H,9-15H2,(H,28,36)(H,29,30)(H,31,35)(H,32,37). The smallest absolute Gasteiger partial charge is 0.276 e. The third-order valence-electron chi connectivity index (χ3n) is 5.94. The number of H-pyrrole nitrogens is 1. The molecule has 0 radical (unpaired) electrons. The molecular formula is C25H27FIN7O3. The highest BCUT2D eigenvalue weighted by molar-refractivity contribution is 14.1. The summed E-state index contributed by atoms with van der Waals surface area (Å²) < 4.78 is 14.1. The van der Waals surface area contributed by atoms with Gasteiger partial charge >= 0.3 is 0 Å². The molecule has 3 aromatic rings. The minimum atomic E-state index is -0.538. The predicted octanol–water partition coefficient (Wildman–Crippen LogP) is 2.79. The van der Waals surface area contributed by atoms with Crippen molar-refractivity contribution in [3.63, 3.8) is 0 Å². The van der Waals surface area contributed by atoms with E-state index in [4.69, 9.17) is 0 Å². The number of aromatic nitrogens is 2. The van der Waals surface area contributed by atoms with Crippen LogP contribution in [0.4, 0.5) is 15.8 Å². The van der Waals surface area contributed by atoms with Crippen LogP contribution >= 0.6 is 22.6 Å². The minimum absolute atomic E-state index is 0.0122. The van der Waals surface area contributed by atoms with E-state index in [0.717, 1.165) is 37.3 Å². The maximum Gasteiger partial charge on any atom is 0.276 e. The quantitative estimate of drug-likeness (QED) is 0.166. The van der Waals surface area contributed by atoms with Gasteiger partial charge in [0.05, 0.1) is 10.9 Å². The number of benzene rings is 2. The molecule has 3 amide bonds. The molecule has 0 bridgehead atoms. The van der Waals surface area contributed by atoms with Gasteiger partial charge in [0, 0.05) is 56.2 Å². The Hall–Kier alpha value is -3.36. The van der Waals surface area contributed by atoms with Crippen molar-refractivity contribution in [2.45, 2.75) is 0 Å². The van der Waals surface area contributed by atoms with Crippen molar-refractivity contribution in [3.05, 3.63) is 77.6 Å². The molecule has 2 heterocycles. The number of piperazine rings is 1. The Bertz CT molecular complexity index is 1230. The molecule has 1 saturated heterocycles. The highest BCUT2D eigenvalue weighted by atomic mass is 127. The largest absolute Gasteiger partial charge is 0.349 e. The molecule has 10 nitrogen and oxygen atoms in total. The van der Waals surface area contributed by atoms with Gasteiger partial charge in [-0.25, -0.2) is 9.37 Å². The number of amides is 3. The maximum absolute atomic E-state index is 13.0. The van der Waals surface area contributed by atoms with Gasteiger partial charge in [-0.15, -0.1) is 0 Å².